The van der Waals surface area contributed by atoms with Crippen LogP contribution in [0.2, 0.25) is 0 Å². The van der Waals surface area contributed by atoms with Gasteiger partial charge in [0.2, 0.25) is 17.1 Å². The molecule has 0 saturated carbocycles. The molecule has 6 aromatic carbocycles. The summed E-state index contributed by atoms with van der Waals surface area (Å²) in [6, 6.07) is 23.3. The standard InChI is InChI=1S/C27H29N2O.2C24H23N2O/c1-16-9-10-20-21-14-22(28-7)17(2)11-24(21)30-26(20)25(16)23-13-19(15-27(4,5)6)12-18(3)29(23)8;1-13-8-9-19-20-12-18(25-6)10-15(3)23(20)27-24(19)22(13)21-11-14(2)16(4)17(5)26(21)7;1-13-8-9-18-19-12-20(25-6)15(3)11-22(19)27-24(18)23(13)21-10-14(2)16(4)17(5)26(21)7/h9-14H,15H2,1-6,8H3;2*8-12H,1-5,7H3/q3*+1/i12D,13D,15D2;4D3,11D;4D3,10D. The summed E-state index contributed by atoms with van der Waals surface area (Å²) in [6.07, 6.45) is -1.90. The van der Waals surface area contributed by atoms with E-state index in [4.69, 9.17) is 49.4 Å². The molecule has 0 atom stereocenters. The Kier molecular flexibility index (Phi) is 11.5. The first-order valence-electron chi connectivity index (χ1n) is 33.7. The molecule has 12 rings (SSSR count). The highest BCUT2D eigenvalue weighted by Gasteiger charge is 2.28. The fourth-order valence-corrected chi connectivity index (χ4v) is 11.2. The molecule has 0 aliphatic carbocycles. The Morgan fingerprint density at radius 1 is 0.452 bits per heavy atom. The summed E-state index contributed by atoms with van der Waals surface area (Å²) in [5.74, 6) is 0. The highest BCUT2D eigenvalue weighted by Crippen LogP contribution is 2.43. The van der Waals surface area contributed by atoms with Gasteiger partial charge in [-0.3, -0.25) is 0 Å². The maximum absolute atomic E-state index is 9.14. The van der Waals surface area contributed by atoms with Crippen LogP contribution in [0.25, 0.3) is 114 Å². The van der Waals surface area contributed by atoms with Crippen molar-refractivity contribution in [2.24, 2.45) is 26.6 Å². The van der Waals surface area contributed by atoms with Gasteiger partial charge in [0.1, 0.15) is 54.6 Å². The van der Waals surface area contributed by atoms with Gasteiger partial charge in [-0.2, -0.15) is 13.7 Å². The van der Waals surface area contributed by atoms with Gasteiger partial charge < -0.3 is 13.3 Å². The number of rotatable bonds is 4. The third-order valence-corrected chi connectivity index (χ3v) is 16.2. The average Bonchev–Trinajstić information content (AvgIpc) is 1.26. The number of fused-ring (bicyclic) bond motifs is 9. The number of hydrogen-bond donors (Lipinski definition) is 0. The second kappa shape index (κ2) is 21.8. The molecule has 0 saturated heterocycles. The minimum Gasteiger partial charge on any atom is -0.455 e. The SMILES string of the molecule is [2H]c1c(C([2H])([2H])C(C)(C)C)c([2H])c(-c2c(C)ccc3c2oc2cc(C)c([N+]#[C-])cc23)[n+](C)c1C.[2H]c1c(C)c(C([2H])([2H])[2H])c(C)[n+](C)c1-c1c(C)ccc2c1oc1c(C)cc([N+]#[C-])cc12.[2H]c1c(C)c(C([2H])([2H])[2H])c(C)[n+](C)c1-c1c(C)ccc2c1oc1cc(C)c([N+]#[C-])cc12. The van der Waals surface area contributed by atoms with Gasteiger partial charge in [0.15, 0.2) is 34.1 Å². The fraction of sp³-hybridized carbons (Fsp3) is 0.280. The number of aromatic nitrogens is 3. The van der Waals surface area contributed by atoms with Gasteiger partial charge in [-0.25, -0.2) is 14.5 Å². The lowest BCUT2D eigenvalue weighted by Crippen LogP contribution is -2.36. The van der Waals surface area contributed by atoms with E-state index in [1.54, 1.807) is 96.3 Å². The first kappa shape index (κ1) is 44.3. The summed E-state index contributed by atoms with van der Waals surface area (Å²) in [5, 5.41) is 5.14. The van der Waals surface area contributed by atoms with E-state index in [1.165, 1.54) is 0 Å². The molecule has 0 fully saturated rings. The largest absolute Gasteiger partial charge is 0.455 e. The average molecular weight is 1120 g/mol. The van der Waals surface area contributed by atoms with E-state index in [2.05, 4.69) is 14.5 Å². The quantitative estimate of drug-likeness (QED) is 0.130. The molecule has 0 radical (unpaired) electrons. The molecule has 84 heavy (non-hydrogen) atoms. The van der Waals surface area contributed by atoms with Crippen molar-refractivity contribution in [3.05, 3.63) is 209 Å². The van der Waals surface area contributed by atoms with Gasteiger partial charge in [-0.1, -0.05) is 57.2 Å². The third-order valence-electron chi connectivity index (χ3n) is 16.2. The summed E-state index contributed by atoms with van der Waals surface area (Å²) < 4.78 is 125. The number of aryl methyl sites for hydroxylation is 6. The molecule has 6 heterocycles. The van der Waals surface area contributed by atoms with Gasteiger partial charge in [0, 0.05) is 99.4 Å². The second-order valence-electron chi connectivity index (χ2n) is 23.2. The highest BCUT2D eigenvalue weighted by molar-refractivity contribution is 6.13. The number of benzene rings is 6. The molecule has 0 spiro atoms. The normalized spacial score (nSPS) is 14.1. The van der Waals surface area contributed by atoms with Gasteiger partial charge in [-0.15, -0.1) is 0 Å². The molecule has 420 valence electrons. The van der Waals surface area contributed by atoms with E-state index in [1.807, 2.05) is 108 Å². The summed E-state index contributed by atoms with van der Waals surface area (Å²) in [4.78, 5) is 10.8. The van der Waals surface area contributed by atoms with Crippen LogP contribution in [0.1, 0.15) is 116 Å². The summed E-state index contributed by atoms with van der Waals surface area (Å²) in [6.45, 7) is 43.3. The van der Waals surface area contributed by atoms with Crippen molar-refractivity contribution < 1.29 is 43.4 Å². The zero-order valence-corrected chi connectivity index (χ0v) is 50.8. The van der Waals surface area contributed by atoms with E-state index in [9.17, 15) is 0 Å². The Bertz CT molecular complexity index is 5430. The molecule has 0 unspecified atom stereocenters. The van der Waals surface area contributed by atoms with Gasteiger partial charge in [0.05, 0.1) is 41.9 Å². The van der Waals surface area contributed by atoms with Gasteiger partial charge in [0.25, 0.3) is 0 Å². The van der Waals surface area contributed by atoms with E-state index < -0.39 is 25.5 Å². The lowest BCUT2D eigenvalue weighted by atomic mass is 9.87. The predicted octanol–water partition coefficient (Wildman–Crippen LogP) is 19.5. The number of hydrogen-bond acceptors (Lipinski definition) is 3. The van der Waals surface area contributed by atoms with Crippen LogP contribution in [0.4, 0.5) is 17.1 Å². The Balaban J connectivity index is 0.000000157. The Morgan fingerprint density at radius 2 is 0.881 bits per heavy atom. The zero-order chi connectivity index (χ0) is 71.0. The van der Waals surface area contributed by atoms with Crippen molar-refractivity contribution in [3.63, 3.8) is 0 Å². The molecule has 0 aliphatic rings. The van der Waals surface area contributed by atoms with Crippen molar-refractivity contribution >= 4 is 82.9 Å². The maximum Gasteiger partial charge on any atom is 0.216 e. The Hall–Kier alpha value is -9.36. The van der Waals surface area contributed by atoms with Crippen LogP contribution in [0.3, 0.4) is 0 Å². The molecule has 9 heteroatoms. The molecule has 0 bridgehead atoms. The number of nitrogens with zero attached hydrogens (tertiary/aromatic N) is 6. The maximum atomic E-state index is 9.14. The van der Waals surface area contributed by atoms with Crippen molar-refractivity contribution in [1.82, 2.24) is 0 Å². The first-order chi connectivity index (χ1) is 44.7. The minimum atomic E-state index is -2.30. The number of furan rings is 3. The van der Waals surface area contributed by atoms with E-state index >= 15 is 0 Å². The zero-order valence-electron chi connectivity index (χ0n) is 62.8. The van der Waals surface area contributed by atoms with Crippen molar-refractivity contribution in [1.29, 1.82) is 0 Å². The van der Waals surface area contributed by atoms with Crippen LogP contribution in [-0.2, 0) is 27.5 Å². The Labute approximate surface area is 511 Å². The molecular weight excluding hydrogens is 1030 g/mol. The van der Waals surface area contributed by atoms with Crippen molar-refractivity contribution in [3.8, 4) is 33.8 Å². The van der Waals surface area contributed by atoms with Crippen LogP contribution in [0.5, 0.6) is 0 Å². The van der Waals surface area contributed by atoms with Crippen LogP contribution < -0.4 is 13.7 Å². The summed E-state index contributed by atoms with van der Waals surface area (Å²) in [7, 11) is 5.39. The summed E-state index contributed by atoms with van der Waals surface area (Å²) in [5.41, 5.74) is 17.3. The molecule has 0 N–H and O–H groups in total. The second-order valence-corrected chi connectivity index (χ2v) is 23.2. The lowest BCUT2D eigenvalue weighted by molar-refractivity contribution is -0.667. The monoisotopic (exact) mass is 1120 g/mol. The van der Waals surface area contributed by atoms with Crippen LogP contribution >= 0.6 is 0 Å². The molecule has 9 nitrogen and oxygen atoms in total. The third kappa shape index (κ3) is 10.0. The number of pyridine rings is 3. The van der Waals surface area contributed by atoms with E-state index in [0.717, 1.165) is 82.4 Å². The molecule has 6 aromatic heterocycles. The van der Waals surface area contributed by atoms with E-state index in [-0.39, 0.29) is 40.9 Å². The van der Waals surface area contributed by atoms with Crippen molar-refractivity contribution in [2.75, 3.05) is 0 Å². The molecular formula is C75H75N6O3+3. The van der Waals surface area contributed by atoms with Crippen molar-refractivity contribution in [2.45, 2.75) is 117 Å². The van der Waals surface area contributed by atoms with Crippen LogP contribution in [-0.4, -0.2) is 0 Å². The van der Waals surface area contributed by atoms with Gasteiger partial charge >= 0.3 is 0 Å². The minimum absolute atomic E-state index is 0.00731. The van der Waals surface area contributed by atoms with E-state index in [0.29, 0.717) is 95.8 Å². The predicted molar refractivity (Wildman–Crippen MR) is 345 cm³/mol. The van der Waals surface area contributed by atoms with Crippen LogP contribution in [0, 0.1) is 115 Å². The molecule has 0 aliphatic heterocycles. The lowest BCUT2D eigenvalue weighted by Gasteiger charge is -2.18. The molecule has 0 amide bonds. The molecule has 12 aromatic rings. The van der Waals surface area contributed by atoms with Gasteiger partial charge in [-0.05, 0) is 167 Å². The van der Waals surface area contributed by atoms with Crippen LogP contribution in [0.15, 0.2) is 110 Å². The smallest absolute Gasteiger partial charge is 0.216 e. The Morgan fingerprint density at radius 3 is 1.30 bits per heavy atom. The first-order valence-corrected chi connectivity index (χ1v) is 27.7. The topological polar surface area (TPSA) is 64.1 Å². The highest BCUT2D eigenvalue weighted by atomic mass is 16.3. The fourth-order valence-electron chi connectivity index (χ4n) is 11.2. The summed E-state index contributed by atoms with van der Waals surface area (Å²) >= 11 is 0.